The van der Waals surface area contributed by atoms with Gasteiger partial charge in [0.2, 0.25) is 5.43 Å². The summed E-state index contributed by atoms with van der Waals surface area (Å²) in [5.41, 5.74) is -3.24. The second-order valence-corrected chi connectivity index (χ2v) is 5.60. The monoisotopic (exact) mass is 401 g/mol. The Morgan fingerprint density at radius 3 is 2.25 bits per heavy atom. The van der Waals surface area contributed by atoms with Gasteiger partial charge in [0.25, 0.3) is 0 Å². The Kier molecular flexibility index (Phi) is 4.88. The highest BCUT2D eigenvalue weighted by Gasteiger charge is 2.27. The summed E-state index contributed by atoms with van der Waals surface area (Å²) in [6.45, 7) is 1.37. The molecule has 0 aliphatic rings. The van der Waals surface area contributed by atoms with Gasteiger partial charge in [-0.25, -0.2) is 26.3 Å². The van der Waals surface area contributed by atoms with E-state index < -0.39 is 68.6 Å². The van der Waals surface area contributed by atoms with Crippen LogP contribution in [0.3, 0.4) is 0 Å². The number of hydrogen-bond donors (Lipinski definition) is 0. The van der Waals surface area contributed by atoms with Crippen LogP contribution in [0.15, 0.2) is 29.2 Å². The fourth-order valence-electron chi connectivity index (χ4n) is 2.55. The minimum Gasteiger partial charge on any atom is -0.421 e. The van der Waals surface area contributed by atoms with Gasteiger partial charge < -0.3 is 9.30 Å². The van der Waals surface area contributed by atoms with Crippen molar-refractivity contribution in [2.24, 2.45) is 0 Å². The van der Waals surface area contributed by atoms with Crippen LogP contribution >= 0.6 is 0 Å². The van der Waals surface area contributed by atoms with Gasteiger partial charge in [-0.05, 0) is 12.1 Å². The van der Waals surface area contributed by atoms with Gasteiger partial charge in [0.05, 0.1) is 22.8 Å². The summed E-state index contributed by atoms with van der Waals surface area (Å²) < 4.78 is 88.6. The number of esters is 1. The molecule has 3 aromatic rings. The van der Waals surface area contributed by atoms with Gasteiger partial charge in [-0.15, -0.1) is 0 Å². The molecule has 0 aliphatic carbocycles. The van der Waals surface area contributed by atoms with Crippen LogP contribution in [-0.4, -0.2) is 10.5 Å². The molecule has 0 bridgehead atoms. The van der Waals surface area contributed by atoms with Gasteiger partial charge in [-0.2, -0.15) is 0 Å². The molecule has 1 aromatic heterocycles. The molecule has 0 saturated heterocycles. The molecule has 0 unspecified atom stereocenters. The van der Waals surface area contributed by atoms with Crippen LogP contribution in [0, 0.1) is 34.9 Å². The van der Waals surface area contributed by atoms with Gasteiger partial charge in [0.1, 0.15) is 11.6 Å². The number of pyridine rings is 1. The molecule has 0 saturated carbocycles. The zero-order valence-corrected chi connectivity index (χ0v) is 14.0. The lowest BCUT2D eigenvalue weighted by molar-refractivity contribution is -0.134. The van der Waals surface area contributed by atoms with Gasteiger partial charge in [-0.3, -0.25) is 9.59 Å². The second kappa shape index (κ2) is 7.02. The Bertz CT molecular complexity index is 1190. The van der Waals surface area contributed by atoms with Crippen LogP contribution in [0.25, 0.3) is 16.6 Å². The largest absolute Gasteiger partial charge is 0.421 e. The SMILES string of the molecule is CCC(=O)Oc1cn(-c2ccc(F)cc2F)c2c(F)c(F)c(F)c(F)c2c1=O. The minimum atomic E-state index is -2.27. The van der Waals surface area contributed by atoms with Crippen molar-refractivity contribution in [1.29, 1.82) is 0 Å². The molecule has 0 atom stereocenters. The minimum absolute atomic E-state index is 0.211. The maximum atomic E-state index is 14.4. The van der Waals surface area contributed by atoms with Crippen molar-refractivity contribution in [3.63, 3.8) is 0 Å². The average Bonchev–Trinajstić information content (AvgIpc) is 2.66. The molecule has 0 spiro atoms. The quantitative estimate of drug-likeness (QED) is 0.287. The van der Waals surface area contributed by atoms with Crippen molar-refractivity contribution in [3.8, 4) is 11.4 Å². The summed E-state index contributed by atoms with van der Waals surface area (Å²) in [5, 5.41) is -1.30. The van der Waals surface area contributed by atoms with Gasteiger partial charge >= 0.3 is 5.97 Å². The first-order valence-corrected chi connectivity index (χ1v) is 7.74. The van der Waals surface area contributed by atoms with E-state index >= 15 is 0 Å². The number of nitrogens with zero attached hydrogens (tertiary/aromatic N) is 1. The highest BCUT2D eigenvalue weighted by Crippen LogP contribution is 2.30. The number of fused-ring (bicyclic) bond motifs is 1. The fraction of sp³-hybridized carbons (Fsp3) is 0.111. The molecule has 4 nitrogen and oxygen atoms in total. The number of benzene rings is 2. The van der Waals surface area contributed by atoms with Crippen molar-refractivity contribution in [3.05, 3.63) is 69.5 Å². The lowest BCUT2D eigenvalue weighted by Crippen LogP contribution is -2.20. The number of hydrogen-bond acceptors (Lipinski definition) is 3. The van der Waals surface area contributed by atoms with E-state index in [0.717, 1.165) is 12.1 Å². The van der Waals surface area contributed by atoms with E-state index in [0.29, 0.717) is 16.8 Å². The number of carbonyl (C=O) groups is 1. The molecule has 3 rings (SSSR count). The summed E-state index contributed by atoms with van der Waals surface area (Å²) in [4.78, 5) is 23.9. The highest BCUT2D eigenvalue weighted by atomic mass is 19.2. The molecular weight excluding hydrogens is 392 g/mol. The third-order valence-electron chi connectivity index (χ3n) is 3.86. The molecular formula is C18H9F6NO3. The van der Waals surface area contributed by atoms with Crippen molar-refractivity contribution >= 4 is 16.9 Å². The van der Waals surface area contributed by atoms with Crippen molar-refractivity contribution in [2.45, 2.75) is 13.3 Å². The van der Waals surface area contributed by atoms with Crippen LogP contribution in [-0.2, 0) is 4.79 Å². The first kappa shape index (κ1) is 19.5. The summed E-state index contributed by atoms with van der Waals surface area (Å²) in [7, 11) is 0. The maximum Gasteiger partial charge on any atom is 0.311 e. The van der Waals surface area contributed by atoms with E-state index in [1.807, 2.05) is 0 Å². The van der Waals surface area contributed by atoms with Gasteiger partial charge in [-0.1, -0.05) is 6.92 Å². The number of halogens is 6. The predicted octanol–water partition coefficient (Wildman–Crippen LogP) is 4.14. The zero-order valence-electron chi connectivity index (χ0n) is 14.0. The molecule has 0 amide bonds. The first-order valence-electron chi connectivity index (χ1n) is 7.74. The molecule has 0 fully saturated rings. The third-order valence-corrected chi connectivity index (χ3v) is 3.86. The topological polar surface area (TPSA) is 48.3 Å². The Hall–Kier alpha value is -3.30. The molecule has 0 radical (unpaired) electrons. The van der Waals surface area contributed by atoms with E-state index in [4.69, 9.17) is 4.74 Å². The number of carbonyl (C=O) groups excluding carboxylic acids is 1. The number of rotatable bonds is 3. The molecule has 2 aromatic carbocycles. The molecule has 0 aliphatic heterocycles. The Labute approximate surface area is 152 Å². The third kappa shape index (κ3) is 3.00. The Morgan fingerprint density at radius 1 is 1.00 bits per heavy atom. The van der Waals surface area contributed by atoms with Crippen molar-refractivity contribution in [2.75, 3.05) is 0 Å². The Balaban J connectivity index is 2.53. The molecule has 146 valence electrons. The van der Waals surface area contributed by atoms with Crippen LogP contribution in [0.4, 0.5) is 26.3 Å². The lowest BCUT2D eigenvalue weighted by Gasteiger charge is -2.16. The van der Waals surface area contributed by atoms with Crippen molar-refractivity contribution < 1.29 is 35.9 Å². The van der Waals surface area contributed by atoms with Crippen LogP contribution in [0.1, 0.15) is 13.3 Å². The highest BCUT2D eigenvalue weighted by molar-refractivity contribution is 5.84. The number of aromatic nitrogens is 1. The zero-order chi connectivity index (χ0) is 20.7. The predicted molar refractivity (Wildman–Crippen MR) is 85.2 cm³/mol. The maximum absolute atomic E-state index is 14.4. The van der Waals surface area contributed by atoms with E-state index in [2.05, 4.69) is 0 Å². The van der Waals surface area contributed by atoms with E-state index in [1.54, 1.807) is 0 Å². The second-order valence-electron chi connectivity index (χ2n) is 5.60. The smallest absolute Gasteiger partial charge is 0.311 e. The van der Waals surface area contributed by atoms with Crippen molar-refractivity contribution in [1.82, 2.24) is 4.57 Å². The molecule has 0 N–H and O–H groups in total. The average molecular weight is 401 g/mol. The number of ether oxygens (including phenoxy) is 1. The summed E-state index contributed by atoms with van der Waals surface area (Å²) in [6, 6.07) is 1.94. The van der Waals surface area contributed by atoms with Gasteiger partial charge in [0, 0.05) is 12.5 Å². The van der Waals surface area contributed by atoms with Crippen LogP contribution in [0.2, 0.25) is 0 Å². The van der Waals surface area contributed by atoms with Gasteiger partial charge in [0.15, 0.2) is 29.0 Å². The van der Waals surface area contributed by atoms with E-state index in [9.17, 15) is 35.9 Å². The first-order chi connectivity index (χ1) is 13.2. The fourth-order valence-corrected chi connectivity index (χ4v) is 2.55. The van der Waals surface area contributed by atoms with Crippen LogP contribution < -0.4 is 10.2 Å². The molecule has 1 heterocycles. The van der Waals surface area contributed by atoms with Crippen LogP contribution in [0.5, 0.6) is 5.75 Å². The Morgan fingerprint density at radius 2 is 1.64 bits per heavy atom. The summed E-state index contributed by atoms with van der Waals surface area (Å²) >= 11 is 0. The summed E-state index contributed by atoms with van der Waals surface area (Å²) in [5.74, 6) is -12.7. The normalized spacial score (nSPS) is 11.1. The lowest BCUT2D eigenvalue weighted by atomic mass is 10.1. The molecule has 10 heteroatoms. The molecule has 28 heavy (non-hydrogen) atoms. The summed E-state index contributed by atoms with van der Waals surface area (Å²) in [6.07, 6.45) is 0.394. The standard InChI is InChI=1S/C18H9F6NO3/c1-2-11(26)28-10-6-25(9-4-3-7(19)5-8(9)20)17-12(18(10)27)13(21)14(22)15(23)16(17)24/h3-6H,2H2,1H3. The van der Waals surface area contributed by atoms with E-state index in [1.165, 1.54) is 6.92 Å². The van der Waals surface area contributed by atoms with E-state index in [-0.39, 0.29) is 6.42 Å².